The van der Waals surface area contributed by atoms with Crippen molar-refractivity contribution in [2.45, 2.75) is 39.0 Å². The van der Waals surface area contributed by atoms with Gasteiger partial charge in [-0.25, -0.2) is 0 Å². The van der Waals surface area contributed by atoms with Gasteiger partial charge in [0.15, 0.2) is 11.5 Å². The van der Waals surface area contributed by atoms with Crippen molar-refractivity contribution in [3.63, 3.8) is 0 Å². The Morgan fingerprint density at radius 3 is 2.37 bits per heavy atom. The molecule has 0 amide bonds. The van der Waals surface area contributed by atoms with E-state index in [2.05, 4.69) is 6.07 Å². The number of para-hydroxylation sites is 2. The summed E-state index contributed by atoms with van der Waals surface area (Å²) in [6, 6.07) is 10.2. The van der Waals surface area contributed by atoms with Crippen LogP contribution in [0, 0.1) is 16.7 Å². The number of benzene rings is 1. The molecule has 0 bridgehead atoms. The van der Waals surface area contributed by atoms with Crippen molar-refractivity contribution in [1.82, 2.24) is 0 Å². The lowest BCUT2D eigenvalue weighted by atomic mass is 9.85. The molecule has 1 aromatic carbocycles. The lowest BCUT2D eigenvalue weighted by Gasteiger charge is -2.20. The Hall–Kier alpha value is -1.69. The number of hydrogen-bond acceptors (Lipinski definition) is 3. The minimum Gasteiger partial charge on any atom is -0.490 e. The maximum absolute atomic E-state index is 9.32. The summed E-state index contributed by atoms with van der Waals surface area (Å²) in [5, 5.41) is 9.32. The molecule has 0 atom stereocenters. The van der Waals surface area contributed by atoms with Crippen molar-refractivity contribution in [3.05, 3.63) is 24.3 Å². The fraction of sp³-hybridized carbons (Fsp3) is 0.562. The van der Waals surface area contributed by atoms with Crippen LogP contribution in [-0.2, 0) is 0 Å². The van der Waals surface area contributed by atoms with E-state index in [-0.39, 0.29) is 5.41 Å². The van der Waals surface area contributed by atoms with Gasteiger partial charge in [-0.15, -0.1) is 0 Å². The molecular weight excluding hydrogens is 238 g/mol. The molecule has 0 radical (unpaired) electrons. The molecule has 0 aliphatic heterocycles. The van der Waals surface area contributed by atoms with Crippen LogP contribution in [0.5, 0.6) is 11.5 Å². The molecular formula is C16H21NO2. The summed E-state index contributed by atoms with van der Waals surface area (Å²) >= 11 is 0. The van der Waals surface area contributed by atoms with Crippen molar-refractivity contribution in [1.29, 1.82) is 5.26 Å². The quantitative estimate of drug-likeness (QED) is 0.777. The first-order chi connectivity index (χ1) is 9.29. The lowest BCUT2D eigenvalue weighted by molar-refractivity contribution is 0.231. The Balaban J connectivity index is 1.90. The number of rotatable bonds is 6. The molecule has 19 heavy (non-hydrogen) atoms. The van der Waals surface area contributed by atoms with E-state index in [4.69, 9.17) is 9.47 Å². The Bertz CT molecular complexity index is 444. The highest BCUT2D eigenvalue weighted by molar-refractivity contribution is 5.39. The van der Waals surface area contributed by atoms with Crippen LogP contribution in [0.4, 0.5) is 0 Å². The molecule has 0 heterocycles. The molecule has 0 saturated heterocycles. The van der Waals surface area contributed by atoms with Gasteiger partial charge in [-0.3, -0.25) is 0 Å². The number of hydrogen-bond donors (Lipinski definition) is 0. The van der Waals surface area contributed by atoms with Crippen LogP contribution in [0.3, 0.4) is 0 Å². The monoisotopic (exact) mass is 259 g/mol. The Morgan fingerprint density at radius 2 is 1.79 bits per heavy atom. The summed E-state index contributed by atoms with van der Waals surface area (Å²) < 4.78 is 11.3. The van der Waals surface area contributed by atoms with E-state index in [1.165, 1.54) is 12.8 Å². The second-order valence-electron chi connectivity index (χ2n) is 5.08. The zero-order valence-electron chi connectivity index (χ0n) is 11.5. The average Bonchev–Trinajstić information content (AvgIpc) is 2.90. The minimum absolute atomic E-state index is 0.152. The normalized spacial score (nSPS) is 16.8. The van der Waals surface area contributed by atoms with Crippen molar-refractivity contribution < 1.29 is 9.47 Å². The summed E-state index contributed by atoms with van der Waals surface area (Å²) in [6.07, 6.45) is 5.18. The molecule has 0 spiro atoms. The van der Waals surface area contributed by atoms with Gasteiger partial charge in [-0.05, 0) is 31.9 Å². The van der Waals surface area contributed by atoms with E-state index >= 15 is 0 Å². The van der Waals surface area contributed by atoms with E-state index in [1.807, 2.05) is 31.2 Å². The molecule has 1 aromatic rings. The van der Waals surface area contributed by atoms with Crippen LogP contribution in [0.1, 0.15) is 39.0 Å². The molecule has 1 aliphatic carbocycles. The van der Waals surface area contributed by atoms with Gasteiger partial charge in [0.1, 0.15) is 0 Å². The number of nitrogens with zero attached hydrogens (tertiary/aromatic N) is 1. The number of ether oxygens (including phenoxy) is 2. The van der Waals surface area contributed by atoms with Crippen LogP contribution < -0.4 is 9.47 Å². The van der Waals surface area contributed by atoms with Gasteiger partial charge in [0.2, 0.25) is 0 Å². The smallest absolute Gasteiger partial charge is 0.161 e. The topological polar surface area (TPSA) is 42.2 Å². The Labute approximate surface area is 115 Å². The molecule has 0 aromatic heterocycles. The van der Waals surface area contributed by atoms with Crippen molar-refractivity contribution in [2.75, 3.05) is 13.2 Å². The summed E-state index contributed by atoms with van der Waals surface area (Å²) in [6.45, 7) is 3.17. The molecule has 2 rings (SSSR count). The largest absolute Gasteiger partial charge is 0.490 e. The molecule has 1 fully saturated rings. The molecule has 1 aliphatic rings. The minimum atomic E-state index is -0.152. The zero-order chi connectivity index (χ0) is 13.6. The van der Waals surface area contributed by atoms with Gasteiger partial charge in [0.25, 0.3) is 0 Å². The third-order valence-electron chi connectivity index (χ3n) is 3.79. The highest BCUT2D eigenvalue weighted by atomic mass is 16.5. The molecule has 0 unspecified atom stereocenters. The third-order valence-corrected chi connectivity index (χ3v) is 3.79. The average molecular weight is 259 g/mol. The SMILES string of the molecule is CCOc1ccccc1OCCC1(C#N)CCCC1. The summed E-state index contributed by atoms with van der Waals surface area (Å²) in [4.78, 5) is 0. The van der Waals surface area contributed by atoms with E-state index in [0.29, 0.717) is 13.2 Å². The fourth-order valence-electron chi connectivity index (χ4n) is 2.67. The predicted octanol–water partition coefficient (Wildman–Crippen LogP) is 3.94. The Kier molecular flexibility index (Phi) is 4.68. The van der Waals surface area contributed by atoms with Crippen molar-refractivity contribution in [3.8, 4) is 17.6 Å². The molecule has 1 saturated carbocycles. The first-order valence-corrected chi connectivity index (χ1v) is 7.05. The predicted molar refractivity (Wildman–Crippen MR) is 74.2 cm³/mol. The van der Waals surface area contributed by atoms with Gasteiger partial charge >= 0.3 is 0 Å². The van der Waals surface area contributed by atoms with Crippen LogP contribution in [0.2, 0.25) is 0 Å². The molecule has 3 heteroatoms. The summed E-state index contributed by atoms with van der Waals surface area (Å²) in [7, 11) is 0. The summed E-state index contributed by atoms with van der Waals surface area (Å²) in [5.74, 6) is 1.55. The molecule has 0 N–H and O–H groups in total. The molecule has 102 valence electrons. The second kappa shape index (κ2) is 6.47. The summed E-state index contributed by atoms with van der Waals surface area (Å²) in [5.41, 5.74) is -0.152. The maximum atomic E-state index is 9.32. The van der Waals surface area contributed by atoms with Crippen LogP contribution >= 0.6 is 0 Å². The van der Waals surface area contributed by atoms with E-state index in [9.17, 15) is 5.26 Å². The maximum Gasteiger partial charge on any atom is 0.161 e. The van der Waals surface area contributed by atoms with Crippen LogP contribution in [-0.4, -0.2) is 13.2 Å². The van der Waals surface area contributed by atoms with Crippen LogP contribution in [0.25, 0.3) is 0 Å². The molecule has 3 nitrogen and oxygen atoms in total. The third kappa shape index (κ3) is 3.41. The highest BCUT2D eigenvalue weighted by Gasteiger charge is 2.33. The van der Waals surface area contributed by atoms with Gasteiger partial charge in [-0.1, -0.05) is 25.0 Å². The van der Waals surface area contributed by atoms with Gasteiger partial charge in [0.05, 0.1) is 24.7 Å². The van der Waals surface area contributed by atoms with Gasteiger partial charge in [-0.2, -0.15) is 5.26 Å². The standard InChI is InChI=1S/C16H21NO2/c1-2-18-14-7-3-4-8-15(14)19-12-11-16(13-17)9-5-6-10-16/h3-4,7-8H,2,5-6,9-12H2,1H3. The fourth-order valence-corrected chi connectivity index (χ4v) is 2.67. The zero-order valence-corrected chi connectivity index (χ0v) is 11.5. The number of nitriles is 1. The van der Waals surface area contributed by atoms with E-state index < -0.39 is 0 Å². The van der Waals surface area contributed by atoms with Gasteiger partial charge < -0.3 is 9.47 Å². The first-order valence-electron chi connectivity index (χ1n) is 7.05. The van der Waals surface area contributed by atoms with E-state index in [1.54, 1.807) is 0 Å². The van der Waals surface area contributed by atoms with E-state index in [0.717, 1.165) is 30.8 Å². The highest BCUT2D eigenvalue weighted by Crippen LogP contribution is 2.40. The second-order valence-corrected chi connectivity index (χ2v) is 5.08. The Morgan fingerprint density at radius 1 is 1.16 bits per heavy atom. The van der Waals surface area contributed by atoms with Crippen molar-refractivity contribution >= 4 is 0 Å². The van der Waals surface area contributed by atoms with Crippen molar-refractivity contribution in [2.24, 2.45) is 5.41 Å². The first kappa shape index (κ1) is 13.7. The lowest BCUT2D eigenvalue weighted by Crippen LogP contribution is -2.17. The van der Waals surface area contributed by atoms with Gasteiger partial charge in [0, 0.05) is 6.42 Å². The van der Waals surface area contributed by atoms with Crippen LogP contribution in [0.15, 0.2) is 24.3 Å².